The largest absolute Gasteiger partial charge is 0.423 e. The monoisotopic (exact) mass is 497 g/mol. The molecule has 0 spiro atoms. The Kier molecular flexibility index (Phi) is 7.04. The molecule has 0 atom stereocenters. The smallest absolute Gasteiger partial charge is 0.344 e. The molecule has 0 aromatic heterocycles. The molecule has 4 rings (SSSR count). The van der Waals surface area contributed by atoms with E-state index < -0.39 is 16.8 Å². The first-order valence-corrected chi connectivity index (χ1v) is 10.9. The van der Waals surface area contributed by atoms with E-state index in [4.69, 9.17) is 16.3 Å². The first-order valence-electron chi connectivity index (χ1n) is 10.5. The molecule has 0 aliphatic heterocycles. The lowest BCUT2D eigenvalue weighted by molar-refractivity contribution is -0.384. The lowest BCUT2D eigenvalue weighted by atomic mass is 10.0. The predicted molar refractivity (Wildman–Crippen MR) is 136 cm³/mol. The van der Waals surface area contributed by atoms with E-state index in [-0.39, 0.29) is 27.7 Å². The maximum Gasteiger partial charge on any atom is 0.344 e. The SMILES string of the molecule is N#C/C(=C\c1cccc(OC(=O)c2cccc3ccccc23)c1)C(=O)Nc1cc([N+](=O)[O-])ccc1Cl. The Morgan fingerprint density at radius 1 is 1.00 bits per heavy atom. The number of hydrogen-bond acceptors (Lipinski definition) is 6. The number of anilines is 1. The second-order valence-corrected chi connectivity index (χ2v) is 7.94. The maximum absolute atomic E-state index is 12.8. The standard InChI is InChI=1S/C27H16ClN3O5/c28-24-12-11-20(31(34)35)15-25(24)30-26(32)19(16-29)13-17-5-3-8-21(14-17)36-27(33)23-10-4-7-18-6-1-2-9-22(18)23/h1-15H,(H,30,32)/b19-13+. The van der Waals surface area contributed by atoms with Gasteiger partial charge in [0.2, 0.25) is 0 Å². The van der Waals surface area contributed by atoms with Crippen molar-refractivity contribution >= 4 is 51.7 Å². The van der Waals surface area contributed by atoms with Crippen LogP contribution in [0, 0.1) is 21.4 Å². The van der Waals surface area contributed by atoms with Crippen molar-refractivity contribution in [1.29, 1.82) is 5.26 Å². The number of nitrogens with zero attached hydrogens (tertiary/aromatic N) is 2. The molecular weight excluding hydrogens is 482 g/mol. The quantitative estimate of drug-likeness (QED) is 0.0848. The molecule has 0 heterocycles. The molecule has 4 aromatic rings. The molecule has 176 valence electrons. The summed E-state index contributed by atoms with van der Waals surface area (Å²) in [4.78, 5) is 35.8. The summed E-state index contributed by atoms with van der Waals surface area (Å²) < 4.78 is 5.54. The first kappa shape index (κ1) is 24.1. The van der Waals surface area contributed by atoms with Crippen LogP contribution in [0.15, 0.2) is 90.5 Å². The van der Waals surface area contributed by atoms with Crippen molar-refractivity contribution in [3.05, 3.63) is 117 Å². The Bertz CT molecular complexity index is 1580. The van der Waals surface area contributed by atoms with Crippen molar-refractivity contribution in [3.63, 3.8) is 0 Å². The Morgan fingerprint density at radius 3 is 2.53 bits per heavy atom. The first-order chi connectivity index (χ1) is 17.4. The Balaban J connectivity index is 1.55. The van der Waals surface area contributed by atoms with Gasteiger partial charge >= 0.3 is 5.97 Å². The van der Waals surface area contributed by atoms with E-state index in [1.165, 1.54) is 24.3 Å². The molecule has 0 saturated heterocycles. The molecule has 0 bridgehead atoms. The number of benzene rings is 4. The van der Waals surface area contributed by atoms with Gasteiger partial charge in [0.15, 0.2) is 0 Å². The number of halogens is 1. The number of nitriles is 1. The third kappa shape index (κ3) is 5.38. The van der Waals surface area contributed by atoms with Gasteiger partial charge < -0.3 is 10.1 Å². The highest BCUT2D eigenvalue weighted by atomic mass is 35.5. The summed E-state index contributed by atoms with van der Waals surface area (Å²) in [6.07, 6.45) is 1.30. The van der Waals surface area contributed by atoms with E-state index in [1.54, 1.807) is 36.4 Å². The number of non-ortho nitro benzene ring substituents is 1. The fourth-order valence-corrected chi connectivity index (χ4v) is 3.63. The van der Waals surface area contributed by atoms with E-state index in [2.05, 4.69) is 5.32 Å². The highest BCUT2D eigenvalue weighted by Crippen LogP contribution is 2.27. The van der Waals surface area contributed by atoms with Gasteiger partial charge in [0.1, 0.15) is 17.4 Å². The highest BCUT2D eigenvalue weighted by Gasteiger charge is 2.16. The van der Waals surface area contributed by atoms with E-state index in [0.717, 1.165) is 16.8 Å². The second kappa shape index (κ2) is 10.5. The van der Waals surface area contributed by atoms with Gasteiger partial charge in [-0.1, -0.05) is 60.1 Å². The van der Waals surface area contributed by atoms with Crippen LogP contribution in [0.5, 0.6) is 5.75 Å². The van der Waals surface area contributed by atoms with Crippen LogP contribution < -0.4 is 10.1 Å². The zero-order chi connectivity index (χ0) is 25.7. The zero-order valence-electron chi connectivity index (χ0n) is 18.5. The van der Waals surface area contributed by atoms with Gasteiger partial charge in [0.25, 0.3) is 11.6 Å². The van der Waals surface area contributed by atoms with Gasteiger partial charge in [-0.05, 0) is 46.7 Å². The minimum absolute atomic E-state index is 0.00483. The van der Waals surface area contributed by atoms with Crippen molar-refractivity contribution in [2.75, 3.05) is 5.32 Å². The minimum Gasteiger partial charge on any atom is -0.423 e. The van der Waals surface area contributed by atoms with E-state index in [1.807, 2.05) is 30.3 Å². The van der Waals surface area contributed by atoms with Crippen LogP contribution in [0.25, 0.3) is 16.8 Å². The van der Waals surface area contributed by atoms with Crippen LogP contribution in [0.3, 0.4) is 0 Å². The van der Waals surface area contributed by atoms with Crippen LogP contribution in [-0.2, 0) is 4.79 Å². The second-order valence-electron chi connectivity index (χ2n) is 7.53. The number of nitro groups is 1. The summed E-state index contributed by atoms with van der Waals surface area (Å²) in [6.45, 7) is 0. The van der Waals surface area contributed by atoms with Crippen molar-refractivity contribution < 1.29 is 19.2 Å². The van der Waals surface area contributed by atoms with E-state index in [9.17, 15) is 25.0 Å². The van der Waals surface area contributed by atoms with Gasteiger partial charge in [0, 0.05) is 12.1 Å². The van der Waals surface area contributed by atoms with Crippen molar-refractivity contribution in [2.45, 2.75) is 0 Å². The Hall–Kier alpha value is -5.00. The van der Waals surface area contributed by atoms with Crippen LogP contribution >= 0.6 is 11.6 Å². The van der Waals surface area contributed by atoms with Gasteiger partial charge in [0.05, 0.1) is 21.2 Å². The number of nitrogens with one attached hydrogen (secondary N) is 1. The lowest BCUT2D eigenvalue weighted by Gasteiger charge is -2.08. The van der Waals surface area contributed by atoms with Gasteiger partial charge in [-0.3, -0.25) is 14.9 Å². The van der Waals surface area contributed by atoms with E-state index >= 15 is 0 Å². The summed E-state index contributed by atoms with van der Waals surface area (Å²) >= 11 is 6.02. The fraction of sp³-hybridized carbons (Fsp3) is 0. The number of ether oxygens (including phenoxy) is 1. The molecule has 0 aliphatic rings. The summed E-state index contributed by atoms with van der Waals surface area (Å²) in [7, 11) is 0. The van der Waals surface area contributed by atoms with Crippen molar-refractivity contribution in [3.8, 4) is 11.8 Å². The van der Waals surface area contributed by atoms with Gasteiger partial charge in [-0.25, -0.2) is 4.79 Å². The third-order valence-corrected chi connectivity index (χ3v) is 5.49. The molecule has 1 N–H and O–H groups in total. The molecule has 0 aliphatic carbocycles. The van der Waals surface area contributed by atoms with Crippen molar-refractivity contribution in [2.24, 2.45) is 0 Å². The molecule has 1 amide bonds. The van der Waals surface area contributed by atoms with Crippen LogP contribution in [0.1, 0.15) is 15.9 Å². The summed E-state index contributed by atoms with van der Waals surface area (Å²) in [5, 5.41) is 24.6. The number of rotatable bonds is 6. The van der Waals surface area contributed by atoms with E-state index in [0.29, 0.717) is 11.1 Å². The molecule has 0 unspecified atom stereocenters. The molecule has 4 aromatic carbocycles. The highest BCUT2D eigenvalue weighted by molar-refractivity contribution is 6.34. The Morgan fingerprint density at radius 2 is 1.75 bits per heavy atom. The number of esters is 1. The number of carbonyl (C=O) groups excluding carboxylic acids is 2. The topological polar surface area (TPSA) is 122 Å². The predicted octanol–water partition coefficient (Wildman–Crippen LogP) is 6.17. The molecule has 9 heteroatoms. The van der Waals surface area contributed by atoms with Crippen LogP contribution in [-0.4, -0.2) is 16.8 Å². The number of nitro benzene ring substituents is 1. The van der Waals surface area contributed by atoms with Crippen molar-refractivity contribution in [1.82, 2.24) is 0 Å². The average Bonchev–Trinajstić information content (AvgIpc) is 2.88. The molecule has 8 nitrogen and oxygen atoms in total. The van der Waals surface area contributed by atoms with Gasteiger partial charge in [-0.2, -0.15) is 5.26 Å². The maximum atomic E-state index is 12.8. The minimum atomic E-state index is -0.807. The fourth-order valence-electron chi connectivity index (χ4n) is 3.46. The molecular formula is C27H16ClN3O5. The molecule has 36 heavy (non-hydrogen) atoms. The summed E-state index contributed by atoms with van der Waals surface area (Å²) in [6, 6.07) is 24.5. The number of carbonyl (C=O) groups is 2. The summed E-state index contributed by atoms with van der Waals surface area (Å²) in [5.41, 5.74) is 0.276. The zero-order valence-corrected chi connectivity index (χ0v) is 19.2. The summed E-state index contributed by atoms with van der Waals surface area (Å²) in [5.74, 6) is -1.13. The molecule has 0 saturated carbocycles. The lowest BCUT2D eigenvalue weighted by Crippen LogP contribution is -2.14. The van der Waals surface area contributed by atoms with Crippen LogP contribution in [0.4, 0.5) is 11.4 Å². The normalized spacial score (nSPS) is 10.9. The molecule has 0 fully saturated rings. The third-order valence-electron chi connectivity index (χ3n) is 5.16. The van der Waals surface area contributed by atoms with Crippen LogP contribution in [0.2, 0.25) is 5.02 Å². The number of amides is 1. The molecule has 0 radical (unpaired) electrons. The average molecular weight is 498 g/mol. The Labute approximate surface area is 210 Å². The number of hydrogen-bond donors (Lipinski definition) is 1. The van der Waals surface area contributed by atoms with Gasteiger partial charge in [-0.15, -0.1) is 0 Å². The number of fused-ring (bicyclic) bond motifs is 1.